The first-order valence-corrected chi connectivity index (χ1v) is 4.15. The Morgan fingerprint density at radius 1 is 1.64 bits per heavy atom. The number of ether oxygens (including phenoxy) is 1. The predicted molar refractivity (Wildman–Crippen MR) is 44.4 cm³/mol. The first kappa shape index (κ1) is 10.5. The van der Waals surface area contributed by atoms with Crippen molar-refractivity contribution in [2.75, 3.05) is 13.7 Å². The van der Waals surface area contributed by atoms with Crippen LogP contribution in [0.2, 0.25) is 0 Å². The second-order valence-electron chi connectivity index (χ2n) is 2.99. The maximum atomic E-state index is 11.2. The summed E-state index contributed by atoms with van der Waals surface area (Å²) in [6, 6.07) is -0.887. The molecule has 14 heavy (non-hydrogen) atoms. The number of methoxy groups -OCH3 is 1. The van der Waals surface area contributed by atoms with Crippen molar-refractivity contribution in [3.63, 3.8) is 0 Å². The van der Waals surface area contributed by atoms with Crippen molar-refractivity contribution in [2.24, 2.45) is 0 Å². The van der Waals surface area contributed by atoms with Crippen LogP contribution >= 0.6 is 0 Å². The summed E-state index contributed by atoms with van der Waals surface area (Å²) in [7, 11) is 1.19. The molecule has 1 fully saturated rings. The molecule has 1 amide bonds. The van der Waals surface area contributed by atoms with E-state index in [1.54, 1.807) is 0 Å². The second kappa shape index (κ2) is 4.08. The summed E-state index contributed by atoms with van der Waals surface area (Å²) in [6.45, 7) is -0.285. The van der Waals surface area contributed by atoms with Crippen molar-refractivity contribution in [2.45, 2.75) is 18.9 Å². The topological polar surface area (TPSA) is 83.9 Å². The minimum absolute atomic E-state index is 0.175. The number of amides is 1. The Morgan fingerprint density at radius 3 is 2.79 bits per heavy atom. The Morgan fingerprint density at radius 2 is 2.29 bits per heavy atom. The van der Waals surface area contributed by atoms with Gasteiger partial charge in [0.15, 0.2) is 0 Å². The first-order valence-electron chi connectivity index (χ1n) is 4.15. The van der Waals surface area contributed by atoms with E-state index >= 15 is 0 Å². The molecule has 0 bridgehead atoms. The zero-order chi connectivity index (χ0) is 10.7. The standard InChI is InChI=1S/C8H11NO5/c1-14-7(11)4-9-5(8(12)13)2-3-6(9)10/h5H,2-4H2,1H3,(H,12,13). The molecule has 1 saturated heterocycles. The van der Waals surface area contributed by atoms with Crippen LogP contribution in [-0.2, 0) is 19.1 Å². The normalized spacial score (nSPS) is 21.1. The molecule has 0 aromatic rings. The molecule has 1 atom stereocenters. The number of aliphatic carboxylic acids is 1. The van der Waals surface area contributed by atoms with E-state index in [1.165, 1.54) is 7.11 Å². The molecule has 0 aromatic carbocycles. The molecule has 0 aromatic heterocycles. The fourth-order valence-corrected chi connectivity index (χ4v) is 1.39. The third-order valence-corrected chi connectivity index (χ3v) is 2.14. The van der Waals surface area contributed by atoms with Gasteiger partial charge in [-0.25, -0.2) is 4.79 Å². The number of hydrogen-bond acceptors (Lipinski definition) is 4. The Hall–Kier alpha value is -1.59. The zero-order valence-electron chi connectivity index (χ0n) is 7.73. The van der Waals surface area contributed by atoms with E-state index in [-0.39, 0.29) is 25.3 Å². The van der Waals surface area contributed by atoms with Crippen LogP contribution in [0.4, 0.5) is 0 Å². The number of nitrogens with zero attached hydrogens (tertiary/aromatic N) is 1. The summed E-state index contributed by atoms with van der Waals surface area (Å²) in [5.41, 5.74) is 0. The fourth-order valence-electron chi connectivity index (χ4n) is 1.39. The van der Waals surface area contributed by atoms with Gasteiger partial charge in [-0.15, -0.1) is 0 Å². The van der Waals surface area contributed by atoms with Crippen LogP contribution in [0, 0.1) is 0 Å². The number of carbonyl (C=O) groups is 3. The van der Waals surface area contributed by atoms with Gasteiger partial charge in [-0.3, -0.25) is 9.59 Å². The second-order valence-corrected chi connectivity index (χ2v) is 2.99. The van der Waals surface area contributed by atoms with Gasteiger partial charge in [0.05, 0.1) is 7.11 Å². The molecule has 6 nitrogen and oxygen atoms in total. The van der Waals surface area contributed by atoms with Crippen LogP contribution in [0.5, 0.6) is 0 Å². The van der Waals surface area contributed by atoms with Gasteiger partial charge in [0.25, 0.3) is 0 Å². The average Bonchev–Trinajstić information content (AvgIpc) is 2.48. The lowest BCUT2D eigenvalue weighted by molar-refractivity contribution is -0.151. The number of carbonyl (C=O) groups excluding carboxylic acids is 2. The summed E-state index contributed by atoms with van der Waals surface area (Å²) in [5.74, 6) is -2.01. The summed E-state index contributed by atoms with van der Waals surface area (Å²) < 4.78 is 4.36. The third kappa shape index (κ3) is 2.01. The van der Waals surface area contributed by atoms with E-state index in [4.69, 9.17) is 5.11 Å². The Balaban J connectivity index is 2.67. The van der Waals surface area contributed by atoms with Crippen molar-refractivity contribution < 1.29 is 24.2 Å². The Kier molecular flexibility index (Phi) is 3.06. The average molecular weight is 201 g/mol. The van der Waals surface area contributed by atoms with Crippen molar-refractivity contribution in [1.29, 1.82) is 0 Å². The monoisotopic (exact) mass is 201 g/mol. The Bertz CT molecular complexity index is 275. The predicted octanol–water partition coefficient (Wildman–Crippen LogP) is -0.765. The highest BCUT2D eigenvalue weighted by Gasteiger charge is 2.37. The van der Waals surface area contributed by atoms with Crippen molar-refractivity contribution >= 4 is 17.8 Å². The molecule has 0 saturated carbocycles. The van der Waals surface area contributed by atoms with Gasteiger partial charge in [0.1, 0.15) is 12.6 Å². The molecular weight excluding hydrogens is 190 g/mol. The largest absolute Gasteiger partial charge is 0.480 e. The van der Waals surface area contributed by atoms with Crippen LogP contribution in [-0.4, -0.2) is 47.5 Å². The van der Waals surface area contributed by atoms with Crippen molar-refractivity contribution in [3.05, 3.63) is 0 Å². The SMILES string of the molecule is COC(=O)CN1C(=O)CCC1C(=O)O. The number of carboxylic acid groups (broad SMARTS) is 1. The lowest BCUT2D eigenvalue weighted by Gasteiger charge is -2.19. The highest BCUT2D eigenvalue weighted by atomic mass is 16.5. The molecule has 0 spiro atoms. The number of rotatable bonds is 3. The van der Waals surface area contributed by atoms with Gasteiger partial charge < -0.3 is 14.7 Å². The van der Waals surface area contributed by atoms with Crippen LogP contribution in [0.25, 0.3) is 0 Å². The number of likely N-dealkylation sites (tertiary alicyclic amines) is 1. The quantitative estimate of drug-likeness (QED) is 0.606. The van der Waals surface area contributed by atoms with Crippen LogP contribution in [0.15, 0.2) is 0 Å². The van der Waals surface area contributed by atoms with Crippen LogP contribution in [0.3, 0.4) is 0 Å². The summed E-state index contributed by atoms with van der Waals surface area (Å²) in [5, 5.41) is 8.74. The maximum Gasteiger partial charge on any atom is 0.326 e. The maximum absolute atomic E-state index is 11.2. The van der Waals surface area contributed by atoms with Crippen LogP contribution < -0.4 is 0 Å². The summed E-state index contributed by atoms with van der Waals surface area (Å²) in [4.78, 5) is 33.8. The summed E-state index contributed by atoms with van der Waals surface area (Å²) in [6.07, 6.45) is 0.430. The minimum Gasteiger partial charge on any atom is -0.480 e. The highest BCUT2D eigenvalue weighted by molar-refractivity contribution is 5.90. The number of esters is 1. The molecule has 6 heteroatoms. The smallest absolute Gasteiger partial charge is 0.326 e. The van der Waals surface area contributed by atoms with E-state index in [0.717, 1.165) is 4.90 Å². The summed E-state index contributed by atoms with van der Waals surface area (Å²) >= 11 is 0. The minimum atomic E-state index is -1.08. The molecule has 1 aliphatic heterocycles. The van der Waals surface area contributed by atoms with Gasteiger partial charge in [0, 0.05) is 6.42 Å². The molecule has 1 rings (SSSR count). The van der Waals surface area contributed by atoms with Crippen molar-refractivity contribution in [3.8, 4) is 0 Å². The van der Waals surface area contributed by atoms with E-state index < -0.39 is 18.0 Å². The first-order chi connectivity index (χ1) is 6.56. The lowest BCUT2D eigenvalue weighted by atomic mass is 10.2. The van der Waals surface area contributed by atoms with Gasteiger partial charge in [-0.05, 0) is 6.42 Å². The number of carboxylic acids is 1. The molecule has 0 radical (unpaired) electrons. The van der Waals surface area contributed by atoms with E-state index in [0.29, 0.717) is 0 Å². The van der Waals surface area contributed by atoms with Gasteiger partial charge in [-0.2, -0.15) is 0 Å². The molecule has 1 N–H and O–H groups in total. The van der Waals surface area contributed by atoms with E-state index in [9.17, 15) is 14.4 Å². The van der Waals surface area contributed by atoms with Gasteiger partial charge in [0.2, 0.25) is 5.91 Å². The fraction of sp³-hybridized carbons (Fsp3) is 0.625. The van der Waals surface area contributed by atoms with E-state index in [1.807, 2.05) is 0 Å². The van der Waals surface area contributed by atoms with Gasteiger partial charge >= 0.3 is 11.9 Å². The molecule has 0 aliphatic carbocycles. The number of hydrogen-bond donors (Lipinski definition) is 1. The molecule has 1 aliphatic rings. The highest BCUT2D eigenvalue weighted by Crippen LogP contribution is 2.18. The molecular formula is C8H11NO5. The Labute approximate surface area is 80.4 Å². The molecule has 78 valence electrons. The lowest BCUT2D eigenvalue weighted by Crippen LogP contribution is -2.41. The van der Waals surface area contributed by atoms with Crippen molar-refractivity contribution in [1.82, 2.24) is 4.90 Å². The molecule has 1 heterocycles. The third-order valence-electron chi connectivity index (χ3n) is 2.14. The van der Waals surface area contributed by atoms with E-state index in [2.05, 4.69) is 4.74 Å². The zero-order valence-corrected chi connectivity index (χ0v) is 7.73. The van der Waals surface area contributed by atoms with Crippen LogP contribution in [0.1, 0.15) is 12.8 Å². The van der Waals surface area contributed by atoms with Gasteiger partial charge in [-0.1, -0.05) is 0 Å². The molecule has 1 unspecified atom stereocenters.